The zero-order valence-electron chi connectivity index (χ0n) is 24.9. The third-order valence-corrected chi connectivity index (χ3v) is 9.12. The SMILES string of the molecule is C=CC(=O)N1CCC(CN2C(=S)N(c3c(F)c(OC)cc(OC)c3F)Cc3cnc4[nH]c(CN5CCOCC5)cc4c32)CC1. The average Bonchev–Trinajstić information content (AvgIpc) is 3.46. The zero-order chi connectivity index (χ0) is 31.0. The van der Waals surface area contributed by atoms with Crippen LogP contribution in [0.2, 0.25) is 0 Å². The Balaban J connectivity index is 1.40. The van der Waals surface area contributed by atoms with Crippen LogP contribution < -0.4 is 19.3 Å². The lowest BCUT2D eigenvalue weighted by Crippen LogP contribution is -2.51. The van der Waals surface area contributed by atoms with Gasteiger partial charge in [-0.3, -0.25) is 9.69 Å². The number of rotatable bonds is 8. The molecule has 1 amide bonds. The van der Waals surface area contributed by atoms with E-state index < -0.39 is 11.6 Å². The molecule has 0 atom stereocenters. The summed E-state index contributed by atoms with van der Waals surface area (Å²) in [6.45, 7) is 9.24. The average molecular weight is 627 g/mol. The number of anilines is 2. The van der Waals surface area contributed by atoms with E-state index >= 15 is 8.78 Å². The summed E-state index contributed by atoms with van der Waals surface area (Å²) in [6, 6.07) is 3.29. The third kappa shape index (κ3) is 5.59. The normalized spacial score (nSPS) is 18.1. The number of morpholine rings is 1. The van der Waals surface area contributed by atoms with E-state index in [1.165, 1.54) is 31.3 Å². The van der Waals surface area contributed by atoms with Crippen LogP contribution in [0.25, 0.3) is 11.0 Å². The minimum Gasteiger partial charge on any atom is -0.493 e. The molecule has 3 aromatic rings. The van der Waals surface area contributed by atoms with E-state index in [0.717, 1.165) is 60.5 Å². The number of carbonyl (C=O) groups excluding carboxylic acids is 1. The summed E-state index contributed by atoms with van der Waals surface area (Å²) < 4.78 is 47.5. The number of nitrogens with one attached hydrogen (secondary N) is 1. The minimum atomic E-state index is -0.865. The van der Waals surface area contributed by atoms with Gasteiger partial charge in [-0.1, -0.05) is 6.58 Å². The lowest BCUT2D eigenvalue weighted by atomic mass is 9.95. The second-order valence-electron chi connectivity index (χ2n) is 11.3. The van der Waals surface area contributed by atoms with Gasteiger partial charge in [0.15, 0.2) is 28.2 Å². The number of hydrogen-bond acceptors (Lipinski definition) is 7. The summed E-state index contributed by atoms with van der Waals surface area (Å²) in [5.74, 6) is -1.93. The largest absolute Gasteiger partial charge is 0.493 e. The van der Waals surface area contributed by atoms with Gasteiger partial charge in [-0.05, 0) is 43.1 Å². The number of benzene rings is 1. The molecule has 1 aromatic carbocycles. The molecule has 10 nitrogen and oxygen atoms in total. The Morgan fingerprint density at radius 2 is 1.80 bits per heavy atom. The summed E-state index contributed by atoms with van der Waals surface area (Å²) in [7, 11) is 2.64. The number of aromatic nitrogens is 2. The quantitative estimate of drug-likeness (QED) is 0.292. The number of ether oxygens (including phenoxy) is 3. The van der Waals surface area contributed by atoms with Crippen molar-refractivity contribution in [3.05, 3.63) is 53.9 Å². The van der Waals surface area contributed by atoms with E-state index in [0.29, 0.717) is 32.8 Å². The molecule has 3 aliphatic heterocycles. The van der Waals surface area contributed by atoms with Crippen molar-refractivity contribution in [2.45, 2.75) is 25.9 Å². The Morgan fingerprint density at radius 3 is 2.43 bits per heavy atom. The number of pyridine rings is 1. The number of piperidine rings is 1. The van der Waals surface area contributed by atoms with Gasteiger partial charge < -0.3 is 33.9 Å². The lowest BCUT2D eigenvalue weighted by Gasteiger charge is -2.42. The first kappa shape index (κ1) is 30.2. The standard InChI is InChI=1S/C31H36F2N6O4S/c1-4-25(40)37-7-5-19(6-8-37)16-38-28-20(15-34-30-22(28)13-21(35-30)18-36-9-11-43-12-10-36)17-39(31(38)44)29-26(32)23(41-2)14-24(42-3)27(29)33/h4,13-15,19H,1,5-12,16-18H2,2-3H3,(H,34,35). The predicted octanol–water partition coefficient (Wildman–Crippen LogP) is 4.23. The van der Waals surface area contributed by atoms with Crippen LogP contribution in [0.15, 0.2) is 31.0 Å². The first-order chi connectivity index (χ1) is 21.3. The van der Waals surface area contributed by atoms with Gasteiger partial charge >= 0.3 is 0 Å². The number of amides is 1. The third-order valence-electron chi connectivity index (χ3n) is 8.68. The molecule has 0 radical (unpaired) electrons. The molecule has 5 heterocycles. The number of likely N-dealkylation sites (tertiary alicyclic amines) is 1. The van der Waals surface area contributed by atoms with Crippen molar-refractivity contribution in [2.75, 3.05) is 70.0 Å². The molecule has 234 valence electrons. The first-order valence-corrected chi connectivity index (χ1v) is 15.1. The molecular formula is C31H36F2N6O4S. The lowest BCUT2D eigenvalue weighted by molar-refractivity contribution is -0.127. The number of thiocarbonyl (C=S) groups is 1. The van der Waals surface area contributed by atoms with Gasteiger partial charge in [0.2, 0.25) is 5.91 Å². The second-order valence-corrected chi connectivity index (χ2v) is 11.7. The number of aromatic amines is 1. The van der Waals surface area contributed by atoms with Crippen molar-refractivity contribution in [2.24, 2.45) is 5.92 Å². The maximum Gasteiger partial charge on any atom is 0.245 e. The van der Waals surface area contributed by atoms with Gasteiger partial charge in [-0.2, -0.15) is 0 Å². The van der Waals surface area contributed by atoms with Crippen molar-refractivity contribution < 1.29 is 27.8 Å². The van der Waals surface area contributed by atoms with Crippen LogP contribution in [0.1, 0.15) is 24.1 Å². The van der Waals surface area contributed by atoms with E-state index in [-0.39, 0.29) is 40.7 Å². The topological polar surface area (TPSA) is 86.4 Å². The number of nitrogens with zero attached hydrogens (tertiary/aromatic N) is 5. The predicted molar refractivity (Wildman–Crippen MR) is 167 cm³/mol. The molecule has 6 rings (SSSR count). The Kier molecular flexibility index (Phi) is 8.70. The highest BCUT2D eigenvalue weighted by Crippen LogP contribution is 2.43. The van der Waals surface area contributed by atoms with Crippen LogP contribution in [0, 0.1) is 17.6 Å². The van der Waals surface area contributed by atoms with Crippen LogP contribution in [0.3, 0.4) is 0 Å². The van der Waals surface area contributed by atoms with Crippen molar-refractivity contribution in [1.29, 1.82) is 0 Å². The maximum atomic E-state index is 15.8. The number of halogens is 2. The fourth-order valence-corrected chi connectivity index (χ4v) is 6.65. The summed E-state index contributed by atoms with van der Waals surface area (Å²) in [5.41, 5.74) is 3.06. The number of H-pyrrole nitrogens is 1. The van der Waals surface area contributed by atoms with Gasteiger partial charge in [-0.25, -0.2) is 13.8 Å². The Labute approximate surface area is 260 Å². The van der Waals surface area contributed by atoms with E-state index in [4.69, 9.17) is 31.4 Å². The summed E-state index contributed by atoms with van der Waals surface area (Å²) in [5, 5.41) is 1.16. The number of hydrogen-bond donors (Lipinski definition) is 1. The van der Waals surface area contributed by atoms with Gasteiger partial charge in [0.05, 0.1) is 39.7 Å². The van der Waals surface area contributed by atoms with E-state index in [2.05, 4.69) is 22.5 Å². The number of fused-ring (bicyclic) bond motifs is 3. The molecule has 0 spiro atoms. The molecule has 3 aliphatic rings. The number of carbonyl (C=O) groups is 1. The molecule has 2 aromatic heterocycles. The molecule has 13 heteroatoms. The number of methoxy groups -OCH3 is 2. The second kappa shape index (κ2) is 12.7. The molecule has 0 bridgehead atoms. The van der Waals surface area contributed by atoms with Crippen molar-refractivity contribution >= 4 is 45.6 Å². The van der Waals surface area contributed by atoms with Crippen molar-refractivity contribution in [3.63, 3.8) is 0 Å². The molecule has 1 N–H and O–H groups in total. The molecule has 0 aliphatic carbocycles. The van der Waals surface area contributed by atoms with E-state index in [1.807, 2.05) is 4.90 Å². The maximum absolute atomic E-state index is 15.8. The molecule has 2 fully saturated rings. The highest BCUT2D eigenvalue weighted by molar-refractivity contribution is 7.80. The molecule has 44 heavy (non-hydrogen) atoms. The van der Waals surface area contributed by atoms with Crippen LogP contribution in [-0.4, -0.2) is 90.9 Å². The molecule has 2 saturated heterocycles. The Morgan fingerprint density at radius 1 is 1.11 bits per heavy atom. The summed E-state index contributed by atoms with van der Waals surface area (Å²) in [6.07, 6.45) is 4.59. The highest BCUT2D eigenvalue weighted by Gasteiger charge is 2.37. The van der Waals surface area contributed by atoms with Gasteiger partial charge in [0.1, 0.15) is 11.3 Å². The van der Waals surface area contributed by atoms with E-state index in [9.17, 15) is 4.79 Å². The zero-order valence-corrected chi connectivity index (χ0v) is 25.7. The fourth-order valence-electron chi connectivity index (χ4n) is 6.33. The van der Waals surface area contributed by atoms with Gasteiger partial charge in [0.25, 0.3) is 0 Å². The Hall–Kier alpha value is -3.81. The molecule has 0 unspecified atom stereocenters. The summed E-state index contributed by atoms with van der Waals surface area (Å²) >= 11 is 6.04. The molecule has 0 saturated carbocycles. The minimum absolute atomic E-state index is 0.0840. The van der Waals surface area contributed by atoms with Crippen LogP contribution in [-0.2, 0) is 22.6 Å². The Bertz CT molecular complexity index is 1560. The van der Waals surface area contributed by atoms with Crippen molar-refractivity contribution in [3.8, 4) is 11.5 Å². The summed E-state index contributed by atoms with van der Waals surface area (Å²) in [4.78, 5) is 27.9. The van der Waals surface area contributed by atoms with Gasteiger partial charge in [0, 0.05) is 68.2 Å². The van der Waals surface area contributed by atoms with Crippen LogP contribution in [0.5, 0.6) is 11.5 Å². The van der Waals surface area contributed by atoms with E-state index in [1.54, 1.807) is 11.1 Å². The smallest absolute Gasteiger partial charge is 0.245 e. The highest BCUT2D eigenvalue weighted by atomic mass is 32.1. The monoisotopic (exact) mass is 626 g/mol. The molecular weight excluding hydrogens is 590 g/mol. The van der Waals surface area contributed by atoms with Crippen LogP contribution in [0.4, 0.5) is 20.2 Å². The van der Waals surface area contributed by atoms with Crippen molar-refractivity contribution in [1.82, 2.24) is 19.8 Å². The first-order valence-electron chi connectivity index (χ1n) is 14.7. The van der Waals surface area contributed by atoms with Gasteiger partial charge in [-0.15, -0.1) is 0 Å². The fraction of sp³-hybridized carbons (Fsp3) is 0.452. The van der Waals surface area contributed by atoms with Crippen LogP contribution >= 0.6 is 12.2 Å².